The zero-order valence-electron chi connectivity index (χ0n) is 56.3. The molecule has 0 saturated heterocycles. The summed E-state index contributed by atoms with van der Waals surface area (Å²) < 4.78 is 30.4. The number of allylic oxidation sites excluding steroid dienone is 15. The Labute approximate surface area is 526 Å². The Bertz CT molecular complexity index is 1780. The highest BCUT2D eigenvalue weighted by atomic mass is 31.2. The quantitative estimate of drug-likeness (QED) is 0.0212. The maximum Gasteiger partial charge on any atom is 0.306 e. The minimum Gasteiger partial charge on any atom is -0.756 e. The van der Waals surface area contributed by atoms with Crippen LogP contribution in [-0.4, -0.2) is 69.4 Å². The molecule has 0 heterocycles. The minimum atomic E-state index is -4.72. The molecule has 0 aromatic heterocycles. The number of carbonyl (C=O) groups is 2. The van der Waals surface area contributed by atoms with Crippen LogP contribution in [0, 0.1) is 0 Å². The molecular formula is C75H135N2O7P. The van der Waals surface area contributed by atoms with E-state index < -0.39 is 26.6 Å². The van der Waals surface area contributed by atoms with Gasteiger partial charge in [0, 0.05) is 12.8 Å². The number of unbranched alkanes of at least 4 members (excludes halogenated alkanes) is 34. The van der Waals surface area contributed by atoms with Crippen molar-refractivity contribution in [2.45, 2.75) is 328 Å². The van der Waals surface area contributed by atoms with Crippen LogP contribution in [0.4, 0.5) is 0 Å². The average molecular weight is 1210 g/mol. The third-order valence-corrected chi connectivity index (χ3v) is 16.5. The van der Waals surface area contributed by atoms with E-state index in [0.717, 1.165) is 103 Å². The monoisotopic (exact) mass is 1210 g/mol. The lowest BCUT2D eigenvalue weighted by Crippen LogP contribution is -2.47. The summed E-state index contributed by atoms with van der Waals surface area (Å²) in [6.45, 7) is 6.72. The number of hydrogen-bond acceptors (Lipinski definition) is 7. The number of hydrogen-bond donors (Lipinski definition) is 1. The molecule has 3 atom stereocenters. The molecular weight excluding hydrogens is 1070 g/mol. The lowest BCUT2D eigenvalue weighted by molar-refractivity contribution is -0.870. The molecule has 9 nitrogen and oxygen atoms in total. The first kappa shape index (κ1) is 81.9. The standard InChI is InChI=1S/C75H135N2O7P/c1-7-10-13-16-19-22-25-27-29-31-33-35-37-38-40-42-44-46-48-50-53-56-59-62-65-68-75(79)84-73(66-63-60-57-54-51-24-21-18-15-12-9-3)72(71-83-85(80,81)82-70-69-77(4,5)6)76-74(78)67-64-61-58-55-52-49-47-45-43-41-39-36-34-32-30-28-26-23-20-17-14-11-8-2/h11,14,20,23,27-30,34,36,41,43,47,49,63,66,72-73H,7-10,12-13,15-19,21-22,24-26,31-33,35,37-40,42,44-46,48,50-62,64-65,67-71H2,1-6H3,(H-,76,78,80,81)/b14-11-,23-20-,29-27+,30-28-,36-34-,43-41-,49-47-,66-63+. The van der Waals surface area contributed by atoms with Gasteiger partial charge in [-0.05, 0) is 109 Å². The fourth-order valence-corrected chi connectivity index (χ4v) is 10.8. The number of nitrogens with zero attached hydrogens (tertiary/aromatic N) is 1. The van der Waals surface area contributed by atoms with E-state index in [9.17, 15) is 19.0 Å². The van der Waals surface area contributed by atoms with Crippen molar-refractivity contribution in [3.05, 3.63) is 97.2 Å². The van der Waals surface area contributed by atoms with Crippen molar-refractivity contribution in [2.75, 3.05) is 40.9 Å². The van der Waals surface area contributed by atoms with Gasteiger partial charge in [0.05, 0.1) is 33.8 Å². The molecule has 0 aliphatic rings. The lowest BCUT2D eigenvalue weighted by atomic mass is 10.0. The summed E-state index contributed by atoms with van der Waals surface area (Å²) in [5.74, 6) is -0.566. The molecule has 0 aliphatic heterocycles. The predicted octanol–water partition coefficient (Wildman–Crippen LogP) is 22.0. The number of phosphoric ester groups is 1. The van der Waals surface area contributed by atoms with Gasteiger partial charge in [0.25, 0.3) is 7.82 Å². The lowest BCUT2D eigenvalue weighted by Gasteiger charge is -2.30. The summed E-state index contributed by atoms with van der Waals surface area (Å²) in [6, 6.07) is -0.907. The summed E-state index contributed by atoms with van der Waals surface area (Å²) in [5, 5.41) is 3.03. The molecule has 0 bridgehead atoms. The molecule has 1 amide bonds. The second-order valence-corrected chi connectivity index (χ2v) is 26.4. The average Bonchev–Trinajstić information content (AvgIpc) is 3.62. The Kier molecular flexibility index (Phi) is 61.6. The van der Waals surface area contributed by atoms with E-state index in [0.29, 0.717) is 17.4 Å². The number of rotatable bonds is 64. The van der Waals surface area contributed by atoms with Crippen molar-refractivity contribution in [3.63, 3.8) is 0 Å². The molecule has 0 spiro atoms. The van der Waals surface area contributed by atoms with Crippen molar-refractivity contribution in [2.24, 2.45) is 0 Å². The van der Waals surface area contributed by atoms with E-state index in [1.54, 1.807) is 0 Å². The van der Waals surface area contributed by atoms with Crippen LogP contribution in [0.5, 0.6) is 0 Å². The van der Waals surface area contributed by atoms with Crippen LogP contribution < -0.4 is 10.2 Å². The van der Waals surface area contributed by atoms with Gasteiger partial charge in [0.2, 0.25) is 5.91 Å². The van der Waals surface area contributed by atoms with Crippen LogP contribution in [0.15, 0.2) is 97.2 Å². The maximum absolute atomic E-state index is 13.6. The molecule has 492 valence electrons. The van der Waals surface area contributed by atoms with Crippen molar-refractivity contribution in [1.82, 2.24) is 5.32 Å². The zero-order valence-corrected chi connectivity index (χ0v) is 57.2. The van der Waals surface area contributed by atoms with Crippen LogP contribution in [0.2, 0.25) is 0 Å². The number of phosphoric acid groups is 1. The van der Waals surface area contributed by atoms with Gasteiger partial charge in [0.15, 0.2) is 0 Å². The molecule has 85 heavy (non-hydrogen) atoms. The van der Waals surface area contributed by atoms with Gasteiger partial charge < -0.3 is 28.5 Å². The second-order valence-electron chi connectivity index (χ2n) is 25.0. The van der Waals surface area contributed by atoms with Gasteiger partial charge in [-0.25, -0.2) is 0 Å². The highest BCUT2D eigenvalue weighted by Gasteiger charge is 2.27. The molecule has 0 aliphatic carbocycles. The van der Waals surface area contributed by atoms with Crippen LogP contribution in [0.1, 0.15) is 316 Å². The van der Waals surface area contributed by atoms with Gasteiger partial charge in [-0.3, -0.25) is 14.2 Å². The third kappa shape index (κ3) is 65.2. The third-order valence-electron chi connectivity index (χ3n) is 15.5. The Morgan fingerprint density at radius 3 is 1.14 bits per heavy atom. The molecule has 1 N–H and O–H groups in total. The van der Waals surface area contributed by atoms with Crippen molar-refractivity contribution in [3.8, 4) is 0 Å². The van der Waals surface area contributed by atoms with E-state index in [4.69, 9.17) is 13.8 Å². The van der Waals surface area contributed by atoms with Crippen LogP contribution in [0.25, 0.3) is 0 Å². The minimum absolute atomic E-state index is 0.0310. The topological polar surface area (TPSA) is 114 Å². The number of quaternary nitrogens is 1. The first-order valence-corrected chi connectivity index (χ1v) is 37.0. The van der Waals surface area contributed by atoms with Gasteiger partial charge in [-0.2, -0.15) is 0 Å². The summed E-state index contributed by atoms with van der Waals surface area (Å²) in [5.41, 5.74) is 0. The van der Waals surface area contributed by atoms with Crippen molar-refractivity contribution in [1.29, 1.82) is 0 Å². The van der Waals surface area contributed by atoms with Gasteiger partial charge in [-0.15, -0.1) is 0 Å². The first-order valence-electron chi connectivity index (χ1n) is 35.5. The molecule has 0 aromatic rings. The maximum atomic E-state index is 13.6. The van der Waals surface area contributed by atoms with Crippen LogP contribution >= 0.6 is 7.82 Å². The molecule has 0 radical (unpaired) electrons. The van der Waals surface area contributed by atoms with Gasteiger partial charge >= 0.3 is 5.97 Å². The Morgan fingerprint density at radius 2 is 0.753 bits per heavy atom. The Morgan fingerprint density at radius 1 is 0.424 bits per heavy atom. The molecule has 0 rings (SSSR count). The highest BCUT2D eigenvalue weighted by Crippen LogP contribution is 2.38. The molecule has 10 heteroatoms. The molecule has 0 aromatic carbocycles. The Hall–Kier alpha value is -3.07. The largest absolute Gasteiger partial charge is 0.756 e. The van der Waals surface area contributed by atoms with Crippen LogP contribution in [-0.2, 0) is 27.9 Å². The smallest absolute Gasteiger partial charge is 0.306 e. The van der Waals surface area contributed by atoms with Crippen molar-refractivity contribution < 1.29 is 37.3 Å². The number of carbonyl (C=O) groups excluding carboxylic acids is 2. The zero-order chi connectivity index (χ0) is 62.1. The van der Waals surface area contributed by atoms with E-state index >= 15 is 0 Å². The fraction of sp³-hybridized carbons (Fsp3) is 0.760. The van der Waals surface area contributed by atoms with E-state index in [1.807, 2.05) is 33.3 Å². The van der Waals surface area contributed by atoms with Gasteiger partial charge in [0.1, 0.15) is 19.3 Å². The first-order chi connectivity index (χ1) is 41.4. The predicted molar refractivity (Wildman–Crippen MR) is 367 cm³/mol. The summed E-state index contributed by atoms with van der Waals surface area (Å²) in [4.78, 5) is 40.2. The van der Waals surface area contributed by atoms with E-state index in [-0.39, 0.29) is 31.3 Å². The highest BCUT2D eigenvalue weighted by molar-refractivity contribution is 7.45. The number of nitrogens with one attached hydrogen (secondary N) is 1. The summed E-state index contributed by atoms with van der Waals surface area (Å²) in [6.07, 6.45) is 86.8. The number of ether oxygens (including phenoxy) is 1. The van der Waals surface area contributed by atoms with E-state index in [1.165, 1.54) is 173 Å². The molecule has 3 unspecified atom stereocenters. The molecule has 0 fully saturated rings. The van der Waals surface area contributed by atoms with Crippen LogP contribution in [0.3, 0.4) is 0 Å². The van der Waals surface area contributed by atoms with Crippen molar-refractivity contribution >= 4 is 19.7 Å². The second kappa shape index (κ2) is 63.9. The normalized spacial score (nSPS) is 14.1. The van der Waals surface area contributed by atoms with Gasteiger partial charge in [-0.1, -0.05) is 292 Å². The number of amides is 1. The number of esters is 1. The Balaban J connectivity index is 5.07. The molecule has 0 saturated carbocycles. The summed E-state index contributed by atoms with van der Waals surface area (Å²) in [7, 11) is 1.16. The number of likely N-dealkylation sites (N-methyl/N-ethyl adjacent to an activating group) is 1. The fourth-order valence-electron chi connectivity index (χ4n) is 10.1. The van der Waals surface area contributed by atoms with E-state index in [2.05, 4.69) is 111 Å². The SMILES string of the molecule is CC/C=C\C/C=C\C/C=C\C/C=C\C/C=C\C/C=C\CCCCCCC(=O)NC(COP(=O)([O-])OCC[N+](C)(C)C)C(/C=C/CCCCCCCCCCC)OC(=O)CCCCCCCCCCCCCCCCC/C=C/CCCCCCCC. The summed E-state index contributed by atoms with van der Waals surface area (Å²) >= 11 is 0.